The molecule has 0 amide bonds. The van der Waals surface area contributed by atoms with Crippen LogP contribution in [0.5, 0.6) is 0 Å². The Balaban J connectivity index is 0.000000147. The zero-order valence-corrected chi connectivity index (χ0v) is 22.8. The van der Waals surface area contributed by atoms with Crippen molar-refractivity contribution in [2.24, 2.45) is 0 Å². The Morgan fingerprint density at radius 1 is 0.625 bits per heavy atom. The average molecular weight is 509 g/mol. The van der Waals surface area contributed by atoms with Gasteiger partial charge in [0.25, 0.3) is 0 Å². The molecule has 0 fully saturated rings. The van der Waals surface area contributed by atoms with E-state index in [0.29, 0.717) is 0 Å². The smallest absolute Gasteiger partial charge is 0.179 e. The molecule has 0 atom stereocenters. The van der Waals surface area contributed by atoms with Crippen molar-refractivity contribution in [2.45, 2.75) is 38.8 Å². The molecule has 2 aliphatic rings. The van der Waals surface area contributed by atoms with Gasteiger partial charge in [0.1, 0.15) is 0 Å². The van der Waals surface area contributed by atoms with E-state index in [9.17, 15) is 0 Å². The number of benzene rings is 4. The molecule has 0 saturated heterocycles. The Labute approximate surface area is 215 Å². The second-order valence-corrected chi connectivity index (χ2v) is 10.4. The molecule has 0 saturated carbocycles. The molecule has 1 radical (unpaired) electrons. The molecule has 0 aromatic heterocycles. The van der Waals surface area contributed by atoms with Gasteiger partial charge in [0.2, 0.25) is 0 Å². The van der Waals surface area contributed by atoms with Crippen LogP contribution in [0.25, 0.3) is 22.3 Å². The summed E-state index contributed by atoms with van der Waals surface area (Å²) in [6, 6.07) is 36.2. The van der Waals surface area contributed by atoms with Crippen LogP contribution in [0.3, 0.4) is 0 Å². The fraction of sp³-hybridized carbons (Fsp3) is 0.200. The van der Waals surface area contributed by atoms with E-state index in [1.165, 1.54) is 44.5 Å². The summed E-state index contributed by atoms with van der Waals surface area (Å²) in [5, 5.41) is 0. The van der Waals surface area contributed by atoms with Crippen LogP contribution in [0.4, 0.5) is 0 Å². The standard InChI is InChI=1S/2C13H9.C4H11Si.Zr/c2*1-3-7-12-10(5-1)9-11-6-2-4-8-13(11)12;1-4(2)5-3;/h2*1-5,7-8H,9H2;4-5H,1-3H3;/q2*-1;;+2. The van der Waals surface area contributed by atoms with Gasteiger partial charge >= 0.3 is 26.2 Å². The van der Waals surface area contributed by atoms with Crippen molar-refractivity contribution < 1.29 is 26.2 Å². The van der Waals surface area contributed by atoms with E-state index in [4.69, 9.17) is 0 Å². The molecule has 2 heteroatoms. The van der Waals surface area contributed by atoms with Crippen LogP contribution in [-0.4, -0.2) is 9.52 Å². The largest absolute Gasteiger partial charge is 2.00 e. The van der Waals surface area contributed by atoms with Gasteiger partial charge in [-0.2, -0.15) is 59.7 Å². The Hall–Kier alpha value is -2.02. The molecule has 32 heavy (non-hydrogen) atoms. The van der Waals surface area contributed by atoms with Crippen LogP contribution in [-0.2, 0) is 39.0 Å². The summed E-state index contributed by atoms with van der Waals surface area (Å²) in [5.41, 5.74) is 12.0. The van der Waals surface area contributed by atoms with Crippen molar-refractivity contribution in [2.75, 3.05) is 0 Å². The molecule has 0 heterocycles. The van der Waals surface area contributed by atoms with Gasteiger partial charge < -0.3 is 0 Å². The second kappa shape index (κ2) is 11.7. The van der Waals surface area contributed by atoms with Crippen molar-refractivity contribution >= 4 is 9.52 Å². The van der Waals surface area contributed by atoms with Crippen molar-refractivity contribution in [3.63, 3.8) is 0 Å². The van der Waals surface area contributed by atoms with Gasteiger partial charge in [-0.25, -0.2) is 0 Å². The summed E-state index contributed by atoms with van der Waals surface area (Å²) < 4.78 is 0. The first-order valence-electron chi connectivity index (χ1n) is 11.1. The Morgan fingerprint density at radius 2 is 1.00 bits per heavy atom. The first-order chi connectivity index (χ1) is 15.2. The monoisotopic (exact) mass is 507 g/mol. The molecular weight excluding hydrogens is 480 g/mol. The Bertz CT molecular complexity index is 987. The van der Waals surface area contributed by atoms with E-state index >= 15 is 0 Å². The SMILES string of the molecule is C[SiH]C(C)C.[Zr+2].[c-]1cccc2c1Cc1ccccc1-2.[c-]1cccc2c1Cc1ccccc1-2. The van der Waals surface area contributed by atoms with Crippen LogP contribution >= 0.6 is 0 Å². The fourth-order valence-electron chi connectivity index (χ4n) is 4.00. The Morgan fingerprint density at radius 3 is 1.41 bits per heavy atom. The van der Waals surface area contributed by atoms with Gasteiger partial charge in [-0.15, -0.1) is 11.1 Å². The maximum Gasteiger partial charge on any atom is 2.00 e. The van der Waals surface area contributed by atoms with Gasteiger partial charge in [0.15, 0.2) is 0 Å². The predicted molar refractivity (Wildman–Crippen MR) is 135 cm³/mol. The summed E-state index contributed by atoms with van der Waals surface area (Å²) in [5.74, 6) is 0. The van der Waals surface area contributed by atoms with E-state index in [0.717, 1.165) is 27.9 Å². The number of hydrogen-bond acceptors (Lipinski definition) is 0. The summed E-state index contributed by atoms with van der Waals surface area (Å²) in [6.45, 7) is 6.80. The molecule has 0 N–H and O–H groups in total. The molecule has 4 aromatic rings. The van der Waals surface area contributed by atoms with E-state index in [1.807, 2.05) is 12.1 Å². The van der Waals surface area contributed by atoms with E-state index in [1.54, 1.807) is 0 Å². The molecule has 0 spiro atoms. The summed E-state index contributed by atoms with van der Waals surface area (Å²) in [4.78, 5) is 0. The van der Waals surface area contributed by atoms with E-state index in [-0.39, 0.29) is 26.2 Å². The molecule has 157 valence electrons. The fourth-order valence-corrected chi connectivity index (χ4v) is 4.00. The maximum absolute atomic E-state index is 3.30. The van der Waals surface area contributed by atoms with Crippen molar-refractivity contribution in [3.8, 4) is 22.3 Å². The first-order valence-corrected chi connectivity index (χ1v) is 12.9. The van der Waals surface area contributed by atoms with E-state index in [2.05, 4.69) is 105 Å². The minimum atomic E-state index is 0. The summed E-state index contributed by atoms with van der Waals surface area (Å²) >= 11 is 0. The quantitative estimate of drug-likeness (QED) is 0.160. The van der Waals surface area contributed by atoms with Gasteiger partial charge in [-0.3, -0.25) is 0 Å². The van der Waals surface area contributed by atoms with E-state index < -0.39 is 0 Å². The predicted octanol–water partition coefficient (Wildman–Crippen LogP) is 7.41. The van der Waals surface area contributed by atoms with Crippen molar-refractivity contribution in [3.05, 3.63) is 119 Å². The third kappa shape index (κ3) is 5.66. The Kier molecular flexibility index (Phi) is 9.02. The first kappa shape index (κ1) is 24.6. The van der Waals surface area contributed by atoms with Gasteiger partial charge in [0, 0.05) is 9.52 Å². The minimum Gasteiger partial charge on any atom is -0.179 e. The minimum absolute atomic E-state index is 0. The molecule has 4 aromatic carbocycles. The van der Waals surface area contributed by atoms with Gasteiger partial charge in [-0.05, 0) is 12.8 Å². The summed E-state index contributed by atoms with van der Waals surface area (Å²) in [6.07, 6.45) is 2.10. The maximum atomic E-state index is 3.30. The van der Waals surface area contributed by atoms with Crippen LogP contribution in [0.15, 0.2) is 84.9 Å². The number of rotatable bonds is 1. The normalized spacial score (nSPS) is 11.5. The van der Waals surface area contributed by atoms with Crippen LogP contribution in [0.1, 0.15) is 36.1 Å². The van der Waals surface area contributed by atoms with Gasteiger partial charge in [0.05, 0.1) is 0 Å². The van der Waals surface area contributed by atoms with Gasteiger partial charge in [-0.1, -0.05) is 96.7 Å². The molecule has 0 bridgehead atoms. The summed E-state index contributed by atoms with van der Waals surface area (Å²) in [7, 11) is 0.731. The zero-order chi connectivity index (χ0) is 21.6. The average Bonchev–Trinajstić information content (AvgIpc) is 3.38. The molecule has 0 unspecified atom stereocenters. The number of fused-ring (bicyclic) bond motifs is 6. The zero-order valence-electron chi connectivity index (χ0n) is 19.2. The molecular formula is C30H29SiZr. The van der Waals surface area contributed by atoms with Crippen LogP contribution in [0.2, 0.25) is 12.1 Å². The third-order valence-corrected chi connectivity index (χ3v) is 7.23. The topological polar surface area (TPSA) is 0 Å². The third-order valence-electron chi connectivity index (χ3n) is 5.90. The molecule has 0 nitrogen and oxygen atoms in total. The van der Waals surface area contributed by atoms with Crippen molar-refractivity contribution in [1.82, 2.24) is 0 Å². The van der Waals surface area contributed by atoms with Crippen LogP contribution < -0.4 is 0 Å². The number of hydrogen-bond donors (Lipinski definition) is 0. The second-order valence-electron chi connectivity index (χ2n) is 8.37. The molecule has 0 aliphatic heterocycles. The van der Waals surface area contributed by atoms with Crippen molar-refractivity contribution in [1.29, 1.82) is 0 Å². The molecule has 2 aliphatic carbocycles. The van der Waals surface area contributed by atoms with Crippen LogP contribution in [0, 0.1) is 12.1 Å². The molecule has 6 rings (SSSR count).